The van der Waals surface area contributed by atoms with Crippen LogP contribution < -0.4 is 0 Å². The highest BCUT2D eigenvalue weighted by Crippen LogP contribution is 2.11. The monoisotopic (exact) mass is 159 g/mol. The summed E-state index contributed by atoms with van der Waals surface area (Å²) in [4.78, 5) is 4.23. The normalized spacial score (nSPS) is 11.5. The summed E-state index contributed by atoms with van der Waals surface area (Å²) in [7, 11) is 0. The largest absolute Gasteiger partial charge is 0.257 e. The summed E-state index contributed by atoms with van der Waals surface area (Å²) >= 11 is 0. The summed E-state index contributed by atoms with van der Waals surface area (Å²) in [6, 6.07) is 8.13. The van der Waals surface area contributed by atoms with Gasteiger partial charge in [0.1, 0.15) is 0 Å². The summed E-state index contributed by atoms with van der Waals surface area (Å²) in [6.07, 6.45) is 5.67. The van der Waals surface area contributed by atoms with Crippen LogP contribution in [0.15, 0.2) is 41.4 Å². The molecule has 1 nitrogen and oxygen atoms in total. The maximum Gasteiger partial charge on any atom is 0.0629 e. The third kappa shape index (κ3) is 2.70. The van der Waals surface area contributed by atoms with Gasteiger partial charge in [0.2, 0.25) is 0 Å². The van der Waals surface area contributed by atoms with E-state index in [-0.39, 0.29) is 0 Å². The molecule has 1 aromatic rings. The Morgan fingerprint density at radius 1 is 1.17 bits per heavy atom. The number of aliphatic imine (C=N–C) groups is 1. The molecule has 62 valence electrons. The van der Waals surface area contributed by atoms with Gasteiger partial charge in [-0.1, -0.05) is 23.8 Å². The fourth-order valence-corrected chi connectivity index (χ4v) is 0.846. The number of rotatable bonds is 2. The lowest BCUT2D eigenvalue weighted by Crippen LogP contribution is -1.69. The summed E-state index contributed by atoms with van der Waals surface area (Å²) in [5, 5.41) is 0. The van der Waals surface area contributed by atoms with Crippen LogP contribution in [0.25, 0.3) is 0 Å². The number of allylic oxidation sites excluding steroid dienone is 2. The Morgan fingerprint density at radius 3 is 2.42 bits per heavy atom. The van der Waals surface area contributed by atoms with Crippen molar-refractivity contribution >= 4 is 11.9 Å². The quantitative estimate of drug-likeness (QED) is 0.587. The minimum atomic E-state index is 0.999. The molecule has 0 spiro atoms. The fourth-order valence-electron chi connectivity index (χ4n) is 0.846. The molecule has 1 aromatic carbocycles. The lowest BCUT2D eigenvalue weighted by atomic mass is 10.2. The van der Waals surface area contributed by atoms with Gasteiger partial charge in [-0.15, -0.1) is 0 Å². The van der Waals surface area contributed by atoms with Gasteiger partial charge in [-0.2, -0.15) is 0 Å². The van der Waals surface area contributed by atoms with Crippen molar-refractivity contribution in [1.82, 2.24) is 0 Å². The minimum absolute atomic E-state index is 0.999. The van der Waals surface area contributed by atoms with Crippen molar-refractivity contribution in [2.45, 2.75) is 13.8 Å². The predicted molar refractivity (Wildman–Crippen MR) is 54.1 cm³/mol. The molecule has 0 amide bonds. The zero-order chi connectivity index (χ0) is 8.81. The summed E-state index contributed by atoms with van der Waals surface area (Å²) in [5.41, 5.74) is 2.26. The van der Waals surface area contributed by atoms with Crippen LogP contribution in [-0.2, 0) is 0 Å². The number of aryl methyl sites for hydroxylation is 1. The highest BCUT2D eigenvalue weighted by Gasteiger charge is 1.84. The molecule has 0 saturated heterocycles. The van der Waals surface area contributed by atoms with Gasteiger partial charge < -0.3 is 0 Å². The molecule has 0 atom stereocenters. The molecule has 0 aliphatic carbocycles. The van der Waals surface area contributed by atoms with E-state index in [2.05, 4.69) is 24.0 Å². The topological polar surface area (TPSA) is 12.4 Å². The molecule has 0 saturated carbocycles. The van der Waals surface area contributed by atoms with Crippen LogP contribution in [0, 0.1) is 6.92 Å². The van der Waals surface area contributed by atoms with Crippen LogP contribution in [0.4, 0.5) is 5.69 Å². The van der Waals surface area contributed by atoms with Crippen molar-refractivity contribution in [3.8, 4) is 0 Å². The van der Waals surface area contributed by atoms with Crippen molar-refractivity contribution in [1.29, 1.82) is 0 Å². The SMILES string of the molecule is C/C=C\C=Nc1ccc(C)cc1. The maximum absolute atomic E-state index is 4.23. The number of hydrogen-bond donors (Lipinski definition) is 0. The van der Waals surface area contributed by atoms with Crippen LogP contribution in [0.3, 0.4) is 0 Å². The van der Waals surface area contributed by atoms with Crippen molar-refractivity contribution in [2.75, 3.05) is 0 Å². The lowest BCUT2D eigenvalue weighted by Gasteiger charge is -1.92. The molecule has 0 heterocycles. The van der Waals surface area contributed by atoms with E-state index in [1.54, 1.807) is 6.21 Å². The van der Waals surface area contributed by atoms with E-state index in [9.17, 15) is 0 Å². The molecular weight excluding hydrogens is 146 g/mol. The second kappa shape index (κ2) is 4.50. The first-order valence-corrected chi connectivity index (χ1v) is 4.05. The van der Waals surface area contributed by atoms with Gasteiger partial charge in [0.15, 0.2) is 0 Å². The van der Waals surface area contributed by atoms with Gasteiger partial charge in [0.25, 0.3) is 0 Å². The van der Waals surface area contributed by atoms with Crippen molar-refractivity contribution in [2.24, 2.45) is 4.99 Å². The maximum atomic E-state index is 4.23. The molecule has 0 bridgehead atoms. The Balaban J connectivity index is 2.70. The molecular formula is C11H13N. The Morgan fingerprint density at radius 2 is 1.83 bits per heavy atom. The molecule has 0 aromatic heterocycles. The summed E-state index contributed by atoms with van der Waals surface area (Å²) in [5.74, 6) is 0. The third-order valence-electron chi connectivity index (χ3n) is 1.54. The van der Waals surface area contributed by atoms with E-state index < -0.39 is 0 Å². The number of benzene rings is 1. The van der Waals surface area contributed by atoms with E-state index in [0.717, 1.165) is 5.69 Å². The average Bonchev–Trinajstić information content (AvgIpc) is 2.09. The van der Waals surface area contributed by atoms with E-state index in [1.807, 2.05) is 31.2 Å². The molecule has 1 rings (SSSR count). The van der Waals surface area contributed by atoms with Crippen molar-refractivity contribution < 1.29 is 0 Å². The molecule has 0 aliphatic heterocycles. The van der Waals surface area contributed by atoms with Gasteiger partial charge in [-0.3, -0.25) is 4.99 Å². The number of nitrogens with zero attached hydrogens (tertiary/aromatic N) is 1. The third-order valence-corrected chi connectivity index (χ3v) is 1.54. The minimum Gasteiger partial charge on any atom is -0.257 e. The van der Waals surface area contributed by atoms with E-state index in [4.69, 9.17) is 0 Å². The Kier molecular flexibility index (Phi) is 3.27. The van der Waals surface area contributed by atoms with Crippen LogP contribution in [-0.4, -0.2) is 6.21 Å². The Labute approximate surface area is 73.5 Å². The van der Waals surface area contributed by atoms with Crippen LogP contribution in [0.1, 0.15) is 12.5 Å². The molecule has 0 aliphatic rings. The van der Waals surface area contributed by atoms with Gasteiger partial charge in [0.05, 0.1) is 5.69 Å². The number of hydrogen-bond acceptors (Lipinski definition) is 1. The van der Waals surface area contributed by atoms with Crippen LogP contribution in [0.5, 0.6) is 0 Å². The van der Waals surface area contributed by atoms with E-state index >= 15 is 0 Å². The van der Waals surface area contributed by atoms with Crippen molar-refractivity contribution in [3.05, 3.63) is 42.0 Å². The summed E-state index contributed by atoms with van der Waals surface area (Å²) < 4.78 is 0. The Hall–Kier alpha value is -1.37. The zero-order valence-electron chi connectivity index (χ0n) is 7.49. The standard InChI is InChI=1S/C11H13N/c1-3-4-9-12-11-7-5-10(2)6-8-11/h3-9H,1-2H3/b4-3-,12-9?. The van der Waals surface area contributed by atoms with E-state index in [1.165, 1.54) is 5.56 Å². The predicted octanol–water partition coefficient (Wildman–Crippen LogP) is 3.27. The van der Waals surface area contributed by atoms with Gasteiger partial charge in [0, 0.05) is 6.21 Å². The molecule has 12 heavy (non-hydrogen) atoms. The van der Waals surface area contributed by atoms with Crippen LogP contribution in [0.2, 0.25) is 0 Å². The average molecular weight is 159 g/mol. The highest BCUT2D eigenvalue weighted by atomic mass is 14.7. The molecule has 0 radical (unpaired) electrons. The highest BCUT2D eigenvalue weighted by molar-refractivity contribution is 5.74. The van der Waals surface area contributed by atoms with Gasteiger partial charge >= 0.3 is 0 Å². The molecule has 1 heteroatoms. The molecule has 0 fully saturated rings. The fraction of sp³-hybridized carbons (Fsp3) is 0.182. The first kappa shape index (κ1) is 8.72. The first-order chi connectivity index (χ1) is 5.83. The van der Waals surface area contributed by atoms with Crippen molar-refractivity contribution in [3.63, 3.8) is 0 Å². The first-order valence-electron chi connectivity index (χ1n) is 4.05. The smallest absolute Gasteiger partial charge is 0.0629 e. The van der Waals surface area contributed by atoms with Gasteiger partial charge in [-0.05, 0) is 32.1 Å². The summed E-state index contributed by atoms with van der Waals surface area (Å²) in [6.45, 7) is 4.04. The lowest BCUT2D eigenvalue weighted by molar-refractivity contribution is 1.44. The van der Waals surface area contributed by atoms with Crippen LogP contribution >= 0.6 is 0 Å². The second-order valence-corrected chi connectivity index (χ2v) is 2.64. The second-order valence-electron chi connectivity index (χ2n) is 2.64. The zero-order valence-corrected chi connectivity index (χ0v) is 7.49. The molecule has 0 unspecified atom stereocenters. The Bertz CT molecular complexity index is 280. The van der Waals surface area contributed by atoms with E-state index in [0.29, 0.717) is 0 Å². The van der Waals surface area contributed by atoms with Gasteiger partial charge in [-0.25, -0.2) is 0 Å². The molecule has 0 N–H and O–H groups in total.